The Hall–Kier alpha value is -3.55. The van der Waals surface area contributed by atoms with Gasteiger partial charge < -0.3 is 14.8 Å². The molecule has 0 aliphatic carbocycles. The van der Waals surface area contributed by atoms with Crippen molar-refractivity contribution in [3.05, 3.63) is 65.7 Å². The first-order chi connectivity index (χ1) is 14.7. The molecule has 3 amide bonds. The van der Waals surface area contributed by atoms with Crippen LogP contribution in [-0.4, -0.2) is 35.3 Å². The Bertz CT molecular complexity index is 961. The second kappa shape index (κ2) is 9.07. The average Bonchev–Trinajstić information content (AvgIpc) is 2.98. The van der Waals surface area contributed by atoms with Crippen molar-refractivity contribution < 1.29 is 23.9 Å². The van der Waals surface area contributed by atoms with Crippen molar-refractivity contribution in [2.75, 3.05) is 5.32 Å². The zero-order valence-electron chi connectivity index (χ0n) is 18.0. The lowest BCUT2D eigenvalue weighted by atomic mass is 9.84. The van der Waals surface area contributed by atoms with Crippen LogP contribution in [0.5, 0.6) is 0 Å². The van der Waals surface area contributed by atoms with Crippen molar-refractivity contribution in [3.63, 3.8) is 0 Å². The molecule has 0 saturated carbocycles. The number of hydrogen-bond acceptors (Lipinski definition) is 5. The maximum atomic E-state index is 13.4. The maximum Gasteiger partial charge on any atom is 0.430 e. The summed E-state index contributed by atoms with van der Waals surface area (Å²) in [6.45, 7) is 6.76. The summed E-state index contributed by atoms with van der Waals surface area (Å²) < 4.78 is 10.6. The summed E-state index contributed by atoms with van der Waals surface area (Å²) in [5.41, 5.74) is 2.81. The minimum Gasteiger partial charge on any atom is -0.446 e. The second-order valence-corrected chi connectivity index (χ2v) is 7.86. The number of amides is 3. The Balaban J connectivity index is 2.14. The molecule has 0 bridgehead atoms. The van der Waals surface area contributed by atoms with Gasteiger partial charge in [0.2, 0.25) is 0 Å². The Morgan fingerprint density at radius 2 is 1.58 bits per heavy atom. The monoisotopic (exact) mass is 425 g/mol. The lowest BCUT2D eigenvalue weighted by Gasteiger charge is -2.38. The van der Waals surface area contributed by atoms with Crippen LogP contribution >= 0.6 is 0 Å². The molecule has 0 spiro atoms. The largest absolute Gasteiger partial charge is 0.446 e. The van der Waals surface area contributed by atoms with E-state index in [1.54, 1.807) is 52.0 Å². The highest BCUT2D eigenvalue weighted by molar-refractivity contribution is 6.07. The van der Waals surface area contributed by atoms with E-state index in [1.165, 1.54) is 0 Å². The van der Waals surface area contributed by atoms with Crippen molar-refractivity contribution in [1.29, 1.82) is 0 Å². The fourth-order valence-corrected chi connectivity index (χ4v) is 3.55. The normalized spacial score (nSPS) is 17.2. The number of fused-ring (bicyclic) bond motifs is 1. The van der Waals surface area contributed by atoms with Crippen molar-refractivity contribution in [2.24, 2.45) is 0 Å². The van der Waals surface area contributed by atoms with Crippen LogP contribution in [0.25, 0.3) is 0 Å². The number of nitrogens with zero attached hydrogens (tertiary/aromatic N) is 1. The Morgan fingerprint density at radius 3 is 2.23 bits per heavy atom. The number of anilines is 1. The number of hydrogen-bond donors (Lipinski definition) is 2. The minimum atomic E-state index is -1.57. The highest BCUT2D eigenvalue weighted by Crippen LogP contribution is 2.42. The van der Waals surface area contributed by atoms with Gasteiger partial charge in [-0.1, -0.05) is 48.5 Å². The molecule has 0 aromatic heterocycles. The molecule has 8 heteroatoms. The van der Waals surface area contributed by atoms with E-state index >= 15 is 0 Å². The molecule has 2 aromatic rings. The molecule has 3 rings (SSSR count). The number of ether oxygens (including phenoxy) is 2. The third-order valence-corrected chi connectivity index (χ3v) is 4.75. The van der Waals surface area contributed by atoms with E-state index < -0.39 is 35.8 Å². The molecule has 1 unspecified atom stereocenters. The van der Waals surface area contributed by atoms with Gasteiger partial charge >= 0.3 is 12.2 Å². The number of rotatable bonds is 5. The summed E-state index contributed by atoms with van der Waals surface area (Å²) in [6.07, 6.45) is -2.49. The molecular weight excluding hydrogens is 398 g/mol. The standard InChI is InChI=1S/C23H27N3O5/c1-15(2)30-21(28)25-26(22(29)31-16(3)4)23(14-17-10-6-5-7-11-17)18-12-8-9-13-19(18)24-20(23)27/h5-13,15-16H,14H2,1-4H3,(H,24,27)(H,25,28). The van der Waals surface area contributed by atoms with E-state index in [2.05, 4.69) is 10.7 Å². The SMILES string of the molecule is CC(C)OC(=O)NN(C(=O)OC(C)C)C1(Cc2ccccc2)C(=O)Nc2ccccc21. The van der Waals surface area contributed by atoms with Gasteiger partial charge in [0, 0.05) is 17.7 Å². The van der Waals surface area contributed by atoms with E-state index in [-0.39, 0.29) is 6.42 Å². The quantitative estimate of drug-likeness (QED) is 0.707. The molecule has 1 atom stereocenters. The van der Waals surface area contributed by atoms with Crippen LogP contribution < -0.4 is 10.7 Å². The number of hydrazine groups is 1. The van der Waals surface area contributed by atoms with Crippen molar-refractivity contribution >= 4 is 23.8 Å². The molecule has 1 aliphatic heterocycles. The number of carbonyl (C=O) groups excluding carboxylic acids is 3. The van der Waals surface area contributed by atoms with Crippen molar-refractivity contribution in [2.45, 2.75) is 51.9 Å². The van der Waals surface area contributed by atoms with Gasteiger partial charge in [-0.2, -0.15) is 5.01 Å². The smallest absolute Gasteiger partial charge is 0.430 e. The molecule has 2 aromatic carbocycles. The third-order valence-electron chi connectivity index (χ3n) is 4.75. The first-order valence-electron chi connectivity index (χ1n) is 10.2. The third kappa shape index (κ3) is 4.63. The van der Waals surface area contributed by atoms with Crippen LogP contribution in [0, 0.1) is 0 Å². The molecule has 31 heavy (non-hydrogen) atoms. The zero-order valence-corrected chi connectivity index (χ0v) is 18.0. The van der Waals surface area contributed by atoms with Crippen LogP contribution in [0.3, 0.4) is 0 Å². The van der Waals surface area contributed by atoms with E-state index in [0.29, 0.717) is 11.3 Å². The summed E-state index contributed by atoms with van der Waals surface area (Å²) >= 11 is 0. The summed E-state index contributed by atoms with van der Waals surface area (Å²) in [4.78, 5) is 39.1. The van der Waals surface area contributed by atoms with Crippen LogP contribution in [-0.2, 0) is 26.2 Å². The lowest BCUT2D eigenvalue weighted by Crippen LogP contribution is -2.62. The first-order valence-corrected chi connectivity index (χ1v) is 10.2. The van der Waals surface area contributed by atoms with Gasteiger partial charge in [-0.15, -0.1) is 0 Å². The predicted octanol–water partition coefficient (Wildman–Crippen LogP) is 3.97. The average molecular weight is 425 g/mol. The van der Waals surface area contributed by atoms with Gasteiger partial charge in [-0.05, 0) is 39.3 Å². The molecule has 1 heterocycles. The molecule has 164 valence electrons. The minimum absolute atomic E-state index is 0.117. The van der Waals surface area contributed by atoms with E-state index in [4.69, 9.17) is 9.47 Å². The molecule has 0 fully saturated rings. The zero-order chi connectivity index (χ0) is 22.6. The van der Waals surface area contributed by atoms with Crippen LogP contribution in [0.2, 0.25) is 0 Å². The molecule has 2 N–H and O–H groups in total. The molecule has 1 aliphatic rings. The fraction of sp³-hybridized carbons (Fsp3) is 0.348. The Kier molecular flexibility index (Phi) is 6.48. The summed E-state index contributed by atoms with van der Waals surface area (Å²) in [7, 11) is 0. The fourth-order valence-electron chi connectivity index (χ4n) is 3.55. The highest BCUT2D eigenvalue weighted by Gasteiger charge is 2.55. The highest BCUT2D eigenvalue weighted by atomic mass is 16.6. The number of nitrogens with one attached hydrogen (secondary N) is 2. The number of carbonyl (C=O) groups is 3. The van der Waals surface area contributed by atoms with Gasteiger partial charge in [-0.3, -0.25) is 4.79 Å². The lowest BCUT2D eigenvalue weighted by molar-refractivity contribution is -0.129. The molecule has 0 saturated heterocycles. The Morgan fingerprint density at radius 1 is 0.968 bits per heavy atom. The van der Waals surface area contributed by atoms with Gasteiger partial charge in [0.25, 0.3) is 5.91 Å². The molecule has 8 nitrogen and oxygen atoms in total. The maximum absolute atomic E-state index is 13.4. The summed E-state index contributed by atoms with van der Waals surface area (Å²) in [6, 6.07) is 16.3. The van der Waals surface area contributed by atoms with Crippen molar-refractivity contribution in [1.82, 2.24) is 10.4 Å². The van der Waals surface area contributed by atoms with Gasteiger partial charge in [-0.25, -0.2) is 15.0 Å². The number of benzene rings is 2. The topological polar surface area (TPSA) is 97.0 Å². The molecular formula is C23H27N3O5. The van der Waals surface area contributed by atoms with Crippen molar-refractivity contribution in [3.8, 4) is 0 Å². The predicted molar refractivity (Wildman–Crippen MR) is 115 cm³/mol. The Labute approximate surface area is 181 Å². The summed E-state index contributed by atoms with van der Waals surface area (Å²) in [5.74, 6) is -0.455. The number of para-hydroxylation sites is 1. The summed E-state index contributed by atoms with van der Waals surface area (Å²) in [5, 5.41) is 3.78. The van der Waals surface area contributed by atoms with E-state index in [9.17, 15) is 14.4 Å². The molecule has 0 radical (unpaired) electrons. The van der Waals surface area contributed by atoms with Crippen LogP contribution in [0.15, 0.2) is 54.6 Å². The van der Waals surface area contributed by atoms with E-state index in [1.807, 2.05) is 30.3 Å². The van der Waals surface area contributed by atoms with E-state index in [0.717, 1.165) is 10.6 Å². The first kappa shape index (κ1) is 22.1. The van der Waals surface area contributed by atoms with Gasteiger partial charge in [0.05, 0.1) is 12.2 Å². The van der Waals surface area contributed by atoms with Gasteiger partial charge in [0.1, 0.15) is 0 Å². The second-order valence-electron chi connectivity index (χ2n) is 7.86. The van der Waals surface area contributed by atoms with Gasteiger partial charge in [0.15, 0.2) is 5.54 Å². The van der Waals surface area contributed by atoms with Crippen LogP contribution in [0.4, 0.5) is 15.3 Å². The van der Waals surface area contributed by atoms with Crippen LogP contribution in [0.1, 0.15) is 38.8 Å².